The number of nitrogens with zero attached hydrogens (tertiary/aromatic N) is 2. The van der Waals surface area contributed by atoms with Crippen molar-refractivity contribution < 1.29 is 9.53 Å². The van der Waals surface area contributed by atoms with Crippen LogP contribution in [0.5, 0.6) is 0 Å². The molecule has 2 N–H and O–H groups in total. The second-order valence-electron chi connectivity index (χ2n) is 4.69. The number of rotatable bonds is 2. The zero-order valence-corrected chi connectivity index (χ0v) is 12.3. The third-order valence-electron chi connectivity index (χ3n) is 3.36. The first-order chi connectivity index (χ1) is 9.65. The molecule has 0 saturated carbocycles. The van der Waals surface area contributed by atoms with Crippen LogP contribution in [0.25, 0.3) is 10.9 Å². The average molecular weight is 336 g/mol. The first-order valence-corrected chi connectivity index (χ1v) is 7.15. The first kappa shape index (κ1) is 13.3. The SMILES string of the molecule is NC(=O)C1CN(c2ccc3cccc(Br)c3n2)CCO1. The molecular weight excluding hydrogens is 322 g/mol. The van der Waals surface area contributed by atoms with Crippen molar-refractivity contribution in [1.29, 1.82) is 0 Å². The number of pyridine rings is 1. The maximum atomic E-state index is 11.2. The molecule has 1 saturated heterocycles. The number of carbonyl (C=O) groups is 1. The Balaban J connectivity index is 1.93. The van der Waals surface area contributed by atoms with E-state index in [-0.39, 0.29) is 0 Å². The van der Waals surface area contributed by atoms with Crippen LogP contribution in [0.2, 0.25) is 0 Å². The van der Waals surface area contributed by atoms with E-state index in [0.717, 1.165) is 21.2 Å². The van der Waals surface area contributed by atoms with E-state index in [1.54, 1.807) is 0 Å². The lowest BCUT2D eigenvalue weighted by Crippen LogP contribution is -2.48. The maximum Gasteiger partial charge on any atom is 0.248 e. The molecule has 1 atom stereocenters. The van der Waals surface area contributed by atoms with Crippen molar-refractivity contribution in [2.75, 3.05) is 24.6 Å². The number of hydrogen-bond acceptors (Lipinski definition) is 4. The zero-order valence-electron chi connectivity index (χ0n) is 10.8. The van der Waals surface area contributed by atoms with E-state index in [0.29, 0.717) is 19.7 Å². The molecule has 2 heterocycles. The fourth-order valence-corrected chi connectivity index (χ4v) is 2.78. The van der Waals surface area contributed by atoms with E-state index in [1.165, 1.54) is 0 Å². The molecule has 2 aromatic rings. The zero-order chi connectivity index (χ0) is 14.1. The molecule has 0 spiro atoms. The van der Waals surface area contributed by atoms with Crippen LogP contribution in [-0.4, -0.2) is 36.7 Å². The van der Waals surface area contributed by atoms with Gasteiger partial charge in [-0.1, -0.05) is 12.1 Å². The summed E-state index contributed by atoms with van der Waals surface area (Å²) >= 11 is 3.51. The summed E-state index contributed by atoms with van der Waals surface area (Å²) in [6.45, 7) is 1.62. The van der Waals surface area contributed by atoms with Crippen LogP contribution in [0.3, 0.4) is 0 Å². The highest BCUT2D eigenvalue weighted by Gasteiger charge is 2.25. The molecule has 0 bridgehead atoms. The number of morpholine rings is 1. The summed E-state index contributed by atoms with van der Waals surface area (Å²) in [7, 11) is 0. The van der Waals surface area contributed by atoms with Crippen LogP contribution >= 0.6 is 15.9 Å². The van der Waals surface area contributed by atoms with Crippen LogP contribution in [-0.2, 0) is 9.53 Å². The fraction of sp³-hybridized carbons (Fsp3) is 0.286. The summed E-state index contributed by atoms with van der Waals surface area (Å²) < 4.78 is 6.30. The minimum atomic E-state index is -0.569. The van der Waals surface area contributed by atoms with Crippen LogP contribution in [0.15, 0.2) is 34.8 Å². The third-order valence-corrected chi connectivity index (χ3v) is 4.00. The van der Waals surface area contributed by atoms with E-state index in [2.05, 4.69) is 20.9 Å². The predicted molar refractivity (Wildman–Crippen MR) is 80.6 cm³/mol. The van der Waals surface area contributed by atoms with Crippen molar-refractivity contribution in [2.24, 2.45) is 5.73 Å². The fourth-order valence-electron chi connectivity index (χ4n) is 2.31. The molecule has 20 heavy (non-hydrogen) atoms. The predicted octanol–water partition coefficient (Wildman–Crippen LogP) is 1.69. The molecule has 0 radical (unpaired) electrons. The van der Waals surface area contributed by atoms with Gasteiger partial charge in [0.1, 0.15) is 5.82 Å². The number of ether oxygens (including phenoxy) is 1. The molecule has 1 aromatic heterocycles. The normalized spacial score (nSPS) is 19.2. The van der Waals surface area contributed by atoms with Gasteiger partial charge in [0.15, 0.2) is 6.10 Å². The summed E-state index contributed by atoms with van der Waals surface area (Å²) in [5.74, 6) is 0.399. The Morgan fingerprint density at radius 3 is 3.05 bits per heavy atom. The summed E-state index contributed by atoms with van der Waals surface area (Å²) in [5.41, 5.74) is 6.21. The van der Waals surface area contributed by atoms with Gasteiger partial charge in [0.2, 0.25) is 5.91 Å². The number of para-hydroxylation sites is 1. The number of hydrogen-bond donors (Lipinski definition) is 1. The maximum absolute atomic E-state index is 11.2. The Labute approximate surface area is 124 Å². The first-order valence-electron chi connectivity index (χ1n) is 6.36. The number of benzene rings is 1. The van der Waals surface area contributed by atoms with Crippen LogP contribution in [0.4, 0.5) is 5.82 Å². The van der Waals surface area contributed by atoms with Gasteiger partial charge in [-0.25, -0.2) is 4.98 Å². The van der Waals surface area contributed by atoms with Gasteiger partial charge >= 0.3 is 0 Å². The van der Waals surface area contributed by atoms with Gasteiger partial charge in [-0.15, -0.1) is 0 Å². The average Bonchev–Trinajstić information content (AvgIpc) is 2.47. The van der Waals surface area contributed by atoms with E-state index in [4.69, 9.17) is 10.5 Å². The lowest BCUT2D eigenvalue weighted by molar-refractivity contribution is -0.130. The van der Waals surface area contributed by atoms with Gasteiger partial charge in [0.05, 0.1) is 18.7 Å². The van der Waals surface area contributed by atoms with Crippen LogP contribution in [0.1, 0.15) is 0 Å². The number of halogens is 1. The van der Waals surface area contributed by atoms with Crippen LogP contribution in [0, 0.1) is 0 Å². The third kappa shape index (κ3) is 2.48. The molecule has 1 aliphatic rings. The molecule has 1 fully saturated rings. The Bertz CT molecular complexity index is 662. The van der Waals surface area contributed by atoms with Crippen molar-refractivity contribution in [2.45, 2.75) is 6.10 Å². The summed E-state index contributed by atoms with van der Waals surface area (Å²) in [6.07, 6.45) is -0.569. The Hall–Kier alpha value is -1.66. The number of fused-ring (bicyclic) bond motifs is 1. The number of anilines is 1. The number of amides is 1. The Kier molecular flexibility index (Phi) is 3.58. The van der Waals surface area contributed by atoms with Crippen molar-refractivity contribution in [3.8, 4) is 0 Å². The van der Waals surface area contributed by atoms with E-state index in [1.807, 2.05) is 35.2 Å². The van der Waals surface area contributed by atoms with Crippen molar-refractivity contribution in [3.63, 3.8) is 0 Å². The number of carbonyl (C=O) groups excluding carboxylic acids is 1. The lowest BCUT2D eigenvalue weighted by Gasteiger charge is -2.32. The summed E-state index contributed by atoms with van der Waals surface area (Å²) in [6, 6.07) is 9.94. The number of aromatic nitrogens is 1. The Morgan fingerprint density at radius 1 is 1.40 bits per heavy atom. The van der Waals surface area contributed by atoms with Gasteiger partial charge in [-0.2, -0.15) is 0 Å². The molecule has 3 rings (SSSR count). The Morgan fingerprint density at radius 2 is 2.25 bits per heavy atom. The van der Waals surface area contributed by atoms with Crippen molar-refractivity contribution >= 4 is 38.6 Å². The summed E-state index contributed by atoms with van der Waals surface area (Å²) in [4.78, 5) is 17.9. The van der Waals surface area contributed by atoms with Crippen molar-refractivity contribution in [1.82, 2.24) is 4.98 Å². The van der Waals surface area contributed by atoms with Gasteiger partial charge in [-0.05, 0) is 34.1 Å². The molecule has 5 nitrogen and oxygen atoms in total. The van der Waals surface area contributed by atoms with Gasteiger partial charge < -0.3 is 15.4 Å². The highest BCUT2D eigenvalue weighted by Crippen LogP contribution is 2.25. The second kappa shape index (κ2) is 5.38. The van der Waals surface area contributed by atoms with Crippen molar-refractivity contribution in [3.05, 3.63) is 34.8 Å². The van der Waals surface area contributed by atoms with Gasteiger partial charge in [0, 0.05) is 16.4 Å². The molecule has 104 valence electrons. The minimum Gasteiger partial charge on any atom is -0.367 e. The topological polar surface area (TPSA) is 68.5 Å². The van der Waals surface area contributed by atoms with Crippen LogP contribution < -0.4 is 10.6 Å². The minimum absolute atomic E-state index is 0.434. The van der Waals surface area contributed by atoms with Gasteiger partial charge in [-0.3, -0.25) is 4.79 Å². The number of primary amides is 1. The van der Waals surface area contributed by atoms with E-state index >= 15 is 0 Å². The smallest absolute Gasteiger partial charge is 0.248 e. The highest BCUT2D eigenvalue weighted by atomic mass is 79.9. The van der Waals surface area contributed by atoms with E-state index < -0.39 is 12.0 Å². The molecule has 6 heteroatoms. The quantitative estimate of drug-likeness (QED) is 0.906. The molecular formula is C14H14BrN3O2. The monoisotopic (exact) mass is 335 g/mol. The molecule has 0 aliphatic carbocycles. The summed E-state index contributed by atoms with van der Waals surface area (Å²) in [5, 5.41) is 1.07. The highest BCUT2D eigenvalue weighted by molar-refractivity contribution is 9.10. The second-order valence-corrected chi connectivity index (χ2v) is 5.54. The molecule has 1 unspecified atom stereocenters. The number of nitrogens with two attached hydrogens (primary N) is 1. The molecule has 1 aromatic carbocycles. The lowest BCUT2D eigenvalue weighted by atomic mass is 10.2. The van der Waals surface area contributed by atoms with Gasteiger partial charge in [0.25, 0.3) is 0 Å². The largest absolute Gasteiger partial charge is 0.367 e. The molecule has 1 amide bonds. The molecule has 1 aliphatic heterocycles. The standard InChI is InChI=1S/C14H14BrN3O2/c15-10-3-1-2-9-4-5-12(17-13(9)10)18-6-7-20-11(8-18)14(16)19/h1-5,11H,6-8H2,(H2,16,19). The van der Waals surface area contributed by atoms with E-state index in [9.17, 15) is 4.79 Å².